The van der Waals surface area contributed by atoms with Gasteiger partial charge < -0.3 is 15.6 Å². The normalized spacial score (nSPS) is 11.6. The van der Waals surface area contributed by atoms with E-state index in [0.29, 0.717) is 17.2 Å². The average molecular weight is 588 g/mol. The van der Waals surface area contributed by atoms with Crippen LogP contribution in [0.25, 0.3) is 6.08 Å². The van der Waals surface area contributed by atoms with Crippen LogP contribution in [-0.2, 0) is 6.42 Å². The molecule has 0 aliphatic heterocycles. The second-order valence-electron chi connectivity index (χ2n) is 11.2. The van der Waals surface area contributed by atoms with Crippen LogP contribution >= 0.6 is 0 Å². The fraction of sp³-hybridized carbons (Fsp3) is 0.447. The minimum atomic E-state index is -0.288. The highest BCUT2D eigenvalue weighted by molar-refractivity contribution is 6.06. The van der Waals surface area contributed by atoms with Crippen molar-refractivity contribution in [2.24, 2.45) is 0 Å². The van der Waals surface area contributed by atoms with E-state index in [1.54, 1.807) is 6.07 Å². The van der Waals surface area contributed by atoms with Gasteiger partial charge in [-0.25, -0.2) is 4.39 Å². The van der Waals surface area contributed by atoms with Gasteiger partial charge in [-0.3, -0.25) is 4.79 Å². The number of amides is 1. The van der Waals surface area contributed by atoms with Gasteiger partial charge in [-0.15, -0.1) is 0 Å². The Bertz CT molecular complexity index is 1340. The van der Waals surface area contributed by atoms with E-state index in [9.17, 15) is 9.18 Å². The summed E-state index contributed by atoms with van der Waals surface area (Å²) in [5.41, 5.74) is 8.75. The number of anilines is 2. The number of nitrogens with one attached hydrogen (secondary N) is 3. The predicted octanol–water partition coefficient (Wildman–Crippen LogP) is 11.5. The molecule has 1 unspecified atom stereocenters. The van der Waals surface area contributed by atoms with E-state index in [2.05, 4.69) is 48.5 Å². The molecule has 1 heterocycles. The van der Waals surface area contributed by atoms with E-state index in [4.69, 9.17) is 0 Å². The number of hydrogen-bond donors (Lipinski definition) is 3. The van der Waals surface area contributed by atoms with Gasteiger partial charge in [0.15, 0.2) is 0 Å². The molecule has 5 heteroatoms. The maximum absolute atomic E-state index is 14.5. The van der Waals surface area contributed by atoms with Crippen molar-refractivity contribution >= 4 is 23.4 Å². The standard InChI is InChI=1S/C36H48FN3O.C2H6/c1-8-11-12-16-27(14-9-2)28-18-20-29(21-19-28)36(41)40-35-30(26(7)38-32(35)10-3)22-23-33(24(4)5)39-34-25(6)15-13-17-31(34)37;1-2/h13,15,17-23,27,38-39H,8-12,14,16H2,1-7H3,(H,40,41);1-2H3/b23-22-;. The molecule has 1 aromatic heterocycles. The molecule has 0 fully saturated rings. The minimum Gasteiger partial charge on any atom is -0.360 e. The second-order valence-corrected chi connectivity index (χ2v) is 11.2. The monoisotopic (exact) mass is 587 g/mol. The number of rotatable bonds is 14. The lowest BCUT2D eigenvalue weighted by Crippen LogP contribution is -2.13. The number of carbonyl (C=O) groups excluding carboxylic acids is 1. The van der Waals surface area contributed by atoms with Gasteiger partial charge in [-0.1, -0.05) is 90.1 Å². The van der Waals surface area contributed by atoms with Crippen molar-refractivity contribution in [1.29, 1.82) is 0 Å². The molecular weight excluding hydrogens is 533 g/mol. The van der Waals surface area contributed by atoms with Crippen LogP contribution in [0.15, 0.2) is 59.8 Å². The molecule has 0 aliphatic rings. The highest BCUT2D eigenvalue weighted by Crippen LogP contribution is 2.30. The van der Waals surface area contributed by atoms with Crippen LogP contribution in [0.2, 0.25) is 0 Å². The van der Waals surface area contributed by atoms with E-state index >= 15 is 0 Å². The number of para-hydroxylation sites is 1. The first-order valence-electron chi connectivity index (χ1n) is 16.2. The number of hydrogen-bond acceptors (Lipinski definition) is 2. The molecule has 1 atom stereocenters. The van der Waals surface area contributed by atoms with E-state index in [1.165, 1.54) is 43.7 Å². The fourth-order valence-electron chi connectivity index (χ4n) is 5.31. The number of allylic oxidation sites excluding steroid dienone is 2. The van der Waals surface area contributed by atoms with Gasteiger partial charge in [-0.2, -0.15) is 0 Å². The summed E-state index contributed by atoms with van der Waals surface area (Å²) in [6, 6.07) is 13.2. The summed E-state index contributed by atoms with van der Waals surface area (Å²) in [7, 11) is 0. The van der Waals surface area contributed by atoms with Crippen LogP contribution in [0.5, 0.6) is 0 Å². The largest absolute Gasteiger partial charge is 0.360 e. The van der Waals surface area contributed by atoms with E-state index < -0.39 is 0 Å². The van der Waals surface area contributed by atoms with Crippen LogP contribution in [0.3, 0.4) is 0 Å². The average Bonchev–Trinajstić information content (AvgIpc) is 3.30. The molecule has 4 nitrogen and oxygen atoms in total. The first-order valence-corrected chi connectivity index (χ1v) is 16.2. The third-order valence-corrected chi connectivity index (χ3v) is 7.78. The lowest BCUT2D eigenvalue weighted by atomic mass is 9.89. The lowest BCUT2D eigenvalue weighted by molar-refractivity contribution is 0.102. The Labute approximate surface area is 260 Å². The topological polar surface area (TPSA) is 56.9 Å². The van der Waals surface area contributed by atoms with E-state index in [1.807, 2.05) is 71.9 Å². The van der Waals surface area contributed by atoms with Crippen molar-refractivity contribution in [2.75, 3.05) is 10.6 Å². The molecule has 234 valence electrons. The summed E-state index contributed by atoms with van der Waals surface area (Å²) < 4.78 is 14.5. The van der Waals surface area contributed by atoms with Gasteiger partial charge in [-0.05, 0) is 94.4 Å². The number of unbranched alkanes of at least 4 members (excludes halogenated alkanes) is 2. The summed E-state index contributed by atoms with van der Waals surface area (Å²) in [5, 5.41) is 6.46. The van der Waals surface area contributed by atoms with Gasteiger partial charge in [0.1, 0.15) is 5.82 Å². The van der Waals surface area contributed by atoms with Crippen LogP contribution in [-0.4, -0.2) is 10.9 Å². The molecular formula is C38H54FN3O. The van der Waals surface area contributed by atoms with E-state index in [-0.39, 0.29) is 11.7 Å². The van der Waals surface area contributed by atoms with Gasteiger partial charge in [0, 0.05) is 28.2 Å². The Morgan fingerprint density at radius 3 is 2.19 bits per heavy atom. The number of halogens is 1. The molecule has 2 aromatic carbocycles. The van der Waals surface area contributed by atoms with Gasteiger partial charge >= 0.3 is 0 Å². The summed E-state index contributed by atoms with van der Waals surface area (Å²) in [6.45, 7) is 18.4. The third kappa shape index (κ3) is 9.98. The molecule has 0 saturated carbocycles. The molecule has 0 bridgehead atoms. The van der Waals surface area contributed by atoms with Crippen molar-refractivity contribution in [3.8, 4) is 0 Å². The summed E-state index contributed by atoms with van der Waals surface area (Å²) in [5.74, 6) is 0.134. The Morgan fingerprint density at radius 2 is 1.60 bits per heavy atom. The lowest BCUT2D eigenvalue weighted by Gasteiger charge is -2.17. The number of H-pyrrole nitrogens is 1. The second kappa shape index (κ2) is 18.1. The minimum absolute atomic E-state index is 0.125. The smallest absolute Gasteiger partial charge is 0.255 e. The predicted molar refractivity (Wildman–Crippen MR) is 185 cm³/mol. The Kier molecular flexibility index (Phi) is 15.0. The van der Waals surface area contributed by atoms with Gasteiger partial charge in [0.05, 0.1) is 11.4 Å². The highest BCUT2D eigenvalue weighted by atomic mass is 19.1. The maximum atomic E-state index is 14.5. The number of carbonyl (C=O) groups is 1. The number of aryl methyl sites for hydroxylation is 3. The molecule has 0 saturated heterocycles. The molecule has 0 spiro atoms. The highest BCUT2D eigenvalue weighted by Gasteiger charge is 2.17. The zero-order valence-corrected chi connectivity index (χ0v) is 28.0. The molecule has 0 aliphatic carbocycles. The first-order chi connectivity index (χ1) is 20.7. The summed E-state index contributed by atoms with van der Waals surface area (Å²) >= 11 is 0. The molecule has 3 rings (SSSR count). The zero-order valence-electron chi connectivity index (χ0n) is 28.0. The molecule has 3 N–H and O–H groups in total. The quantitative estimate of drug-likeness (QED) is 0.130. The fourth-order valence-corrected chi connectivity index (χ4v) is 5.31. The van der Waals surface area contributed by atoms with Crippen LogP contribution in [0.1, 0.15) is 131 Å². The van der Waals surface area contributed by atoms with Crippen molar-refractivity contribution < 1.29 is 9.18 Å². The summed E-state index contributed by atoms with van der Waals surface area (Å²) in [4.78, 5) is 16.9. The Hall–Kier alpha value is -3.60. The third-order valence-electron chi connectivity index (χ3n) is 7.78. The number of aromatic nitrogens is 1. The van der Waals surface area contributed by atoms with E-state index in [0.717, 1.165) is 52.3 Å². The van der Waals surface area contributed by atoms with Crippen LogP contribution < -0.4 is 10.6 Å². The SMILES string of the molecule is CC.CCCCCC(CCC)c1ccc(C(=O)Nc2c(CC)[nH]c(C)c2/C=C\C(Nc2c(C)cccc2F)=C(C)C)cc1. The van der Waals surface area contributed by atoms with Gasteiger partial charge in [0.2, 0.25) is 0 Å². The molecule has 0 radical (unpaired) electrons. The molecule has 1 amide bonds. The van der Waals surface area contributed by atoms with Crippen molar-refractivity contribution in [3.63, 3.8) is 0 Å². The Morgan fingerprint density at radius 1 is 0.907 bits per heavy atom. The van der Waals surface area contributed by atoms with Crippen molar-refractivity contribution in [3.05, 3.63) is 99.3 Å². The van der Waals surface area contributed by atoms with Crippen molar-refractivity contribution in [2.45, 2.75) is 113 Å². The maximum Gasteiger partial charge on any atom is 0.255 e. The molecule has 3 aromatic rings. The summed E-state index contributed by atoms with van der Waals surface area (Å²) in [6.07, 6.45) is 12.0. The van der Waals surface area contributed by atoms with Gasteiger partial charge in [0.25, 0.3) is 5.91 Å². The zero-order chi connectivity index (χ0) is 31.9. The van der Waals surface area contributed by atoms with Crippen molar-refractivity contribution in [1.82, 2.24) is 4.98 Å². The van der Waals surface area contributed by atoms with Crippen LogP contribution in [0, 0.1) is 19.7 Å². The Balaban J connectivity index is 0.00000316. The van der Waals surface area contributed by atoms with Crippen LogP contribution in [0.4, 0.5) is 15.8 Å². The number of aromatic amines is 1. The number of benzene rings is 2. The first kappa shape index (κ1) is 35.6. The molecule has 43 heavy (non-hydrogen) atoms.